The van der Waals surface area contributed by atoms with Crippen LogP contribution in [0, 0.1) is 0 Å². The van der Waals surface area contributed by atoms with Crippen LogP contribution in [0.5, 0.6) is 0 Å². The van der Waals surface area contributed by atoms with Gasteiger partial charge < -0.3 is 23.4 Å². The zero-order valence-corrected chi connectivity index (χ0v) is 42.1. The molecule has 6 rings (SSSR count). The molecule has 0 saturated heterocycles. The van der Waals surface area contributed by atoms with Crippen molar-refractivity contribution in [2.75, 3.05) is 43.0 Å². The smallest absolute Gasteiger partial charge is 0.295 e. The van der Waals surface area contributed by atoms with Crippen molar-refractivity contribution in [3.05, 3.63) is 90.1 Å². The number of amides is 1. The Bertz CT molecular complexity index is 2790. The maximum atomic E-state index is 13.7. The van der Waals surface area contributed by atoms with Crippen molar-refractivity contribution in [3.8, 4) is 22.5 Å². The van der Waals surface area contributed by atoms with Crippen molar-refractivity contribution in [2.24, 2.45) is 0 Å². The minimum absolute atomic E-state index is 0.121. The van der Waals surface area contributed by atoms with Gasteiger partial charge in [-0.2, -0.15) is 8.42 Å². The number of nitrogens with one attached hydrogen (secondary N) is 1. The maximum Gasteiger partial charge on any atom is 0.295 e. The summed E-state index contributed by atoms with van der Waals surface area (Å²) in [5.74, 6) is 0.319. The van der Waals surface area contributed by atoms with Gasteiger partial charge in [-0.3, -0.25) is 9.35 Å². The van der Waals surface area contributed by atoms with E-state index in [1.165, 1.54) is 53.3 Å². The summed E-state index contributed by atoms with van der Waals surface area (Å²) in [6, 6.07) is 16.0. The van der Waals surface area contributed by atoms with E-state index in [2.05, 4.69) is 78.0 Å². The number of carbonyl (C=O) groups excluding carboxylic acids is 1. The first-order valence-corrected chi connectivity index (χ1v) is 31.6. The molecule has 1 amide bonds. The number of rotatable bonds is 20. The summed E-state index contributed by atoms with van der Waals surface area (Å²) >= 11 is 1.47. The second kappa shape index (κ2) is 20.1. The number of benzene rings is 3. The van der Waals surface area contributed by atoms with Gasteiger partial charge in [-0.15, -0.1) is 0 Å². The molecule has 3 heterocycles. The highest BCUT2D eigenvalue weighted by atomic mass is 32.2. The summed E-state index contributed by atoms with van der Waals surface area (Å²) in [7, 11) is -13.5. The molecule has 0 fully saturated rings. The molecular formula is C44H59N6O9S3Si2+. The fraction of sp³-hybridized carbons (Fsp3) is 0.409. The van der Waals surface area contributed by atoms with Gasteiger partial charge in [0.25, 0.3) is 10.1 Å². The molecule has 3 aliphatic rings. The molecule has 2 aliphatic heterocycles. The van der Waals surface area contributed by atoms with Gasteiger partial charge >= 0.3 is 0 Å². The standard InChI is InChI=1S/C44H58N6O9S3Si2/c1-9-48(10-2)32-14-17-35-38(24-32)58-39-25-33(49(11-3)12-4)15-18-36(39)43(35)37-19-16-34(26-40(37)62(55,56)57)61(53,54)47-29-31-27-45-44(46-28-31)60-30-64(7,8)59-63(5,6)23-13-22-50-41(51)20-21-42(50)52/h14-21,24-28,41,47,51H,9-13,22-23,29-30H2,1-8H3/p+1. The van der Waals surface area contributed by atoms with Crippen LogP contribution in [0.2, 0.25) is 32.2 Å². The van der Waals surface area contributed by atoms with E-state index >= 15 is 0 Å². The number of hydrogen-bond donors (Lipinski definition) is 3. The number of aromatic nitrogens is 2. The fourth-order valence-corrected chi connectivity index (χ4v) is 20.2. The first-order valence-electron chi connectivity index (χ1n) is 21.4. The van der Waals surface area contributed by atoms with Crippen LogP contribution in [-0.2, 0) is 35.6 Å². The second-order valence-corrected chi connectivity index (χ2v) is 30.2. The van der Waals surface area contributed by atoms with Crippen molar-refractivity contribution >= 4 is 71.1 Å². The Morgan fingerprint density at radius 2 is 1.61 bits per heavy atom. The van der Waals surface area contributed by atoms with E-state index in [4.69, 9.17) is 8.53 Å². The molecular weight excluding hydrogens is 909 g/mol. The van der Waals surface area contributed by atoms with Crippen LogP contribution in [0.25, 0.3) is 33.4 Å². The summed E-state index contributed by atoms with van der Waals surface area (Å²) in [5, 5.41) is 12.7. The zero-order valence-electron chi connectivity index (χ0n) is 37.7. The average Bonchev–Trinajstić information content (AvgIpc) is 3.57. The third-order valence-corrected chi connectivity index (χ3v) is 23.3. The van der Waals surface area contributed by atoms with E-state index in [-0.39, 0.29) is 22.9 Å². The number of carbonyl (C=O) groups is 1. The molecule has 0 spiro atoms. The Kier molecular flexibility index (Phi) is 15.4. The van der Waals surface area contributed by atoms with E-state index in [1.807, 2.05) is 36.4 Å². The first kappa shape index (κ1) is 49.2. The van der Waals surface area contributed by atoms with Crippen LogP contribution in [-0.4, -0.2) is 108 Å². The topological polar surface area (TPSA) is 195 Å². The summed E-state index contributed by atoms with van der Waals surface area (Å²) < 4.78 is 82.5. The lowest BCUT2D eigenvalue weighted by atomic mass is 9.93. The van der Waals surface area contributed by atoms with Crippen LogP contribution in [0.3, 0.4) is 0 Å². The van der Waals surface area contributed by atoms with Gasteiger partial charge in [0.1, 0.15) is 35.6 Å². The Morgan fingerprint density at radius 1 is 0.922 bits per heavy atom. The number of thioether (sulfide) groups is 1. The number of anilines is 1. The van der Waals surface area contributed by atoms with Crippen LogP contribution in [0.4, 0.5) is 5.69 Å². The van der Waals surface area contributed by atoms with Gasteiger partial charge in [0, 0.05) is 95.5 Å². The monoisotopic (exact) mass is 967 g/mol. The lowest BCUT2D eigenvalue weighted by Crippen LogP contribution is -2.46. The highest BCUT2D eigenvalue weighted by Crippen LogP contribution is 2.43. The largest absolute Gasteiger partial charge is 0.456 e. The van der Waals surface area contributed by atoms with Crippen LogP contribution >= 0.6 is 11.8 Å². The highest BCUT2D eigenvalue weighted by Gasteiger charge is 2.34. The predicted molar refractivity (Wildman–Crippen MR) is 257 cm³/mol. The molecule has 3 aromatic rings. The molecule has 1 unspecified atom stereocenters. The number of aliphatic hydroxyl groups is 1. The molecule has 3 N–H and O–H groups in total. The molecule has 1 aromatic heterocycles. The first-order chi connectivity index (χ1) is 30.2. The summed E-state index contributed by atoms with van der Waals surface area (Å²) in [5.41, 5.74) is 3.09. The van der Waals surface area contributed by atoms with Crippen molar-refractivity contribution in [3.63, 3.8) is 0 Å². The van der Waals surface area contributed by atoms with E-state index in [9.17, 15) is 31.3 Å². The van der Waals surface area contributed by atoms with Gasteiger partial charge in [-0.05, 0) is 103 Å². The van der Waals surface area contributed by atoms with E-state index in [0.29, 0.717) is 50.5 Å². The summed E-state index contributed by atoms with van der Waals surface area (Å²) in [4.78, 5) is 23.6. The van der Waals surface area contributed by atoms with Crippen molar-refractivity contribution in [1.29, 1.82) is 0 Å². The summed E-state index contributed by atoms with van der Waals surface area (Å²) in [6.45, 7) is 20.2. The Balaban J connectivity index is 1.20. The maximum absolute atomic E-state index is 13.7. The molecule has 2 aromatic carbocycles. The Labute approximate surface area is 382 Å². The number of nitrogens with zero attached hydrogens (tertiary/aromatic N) is 5. The molecule has 20 heteroatoms. The number of sulfonamides is 1. The van der Waals surface area contributed by atoms with Crippen LogP contribution < -0.4 is 19.6 Å². The van der Waals surface area contributed by atoms with Crippen LogP contribution in [0.1, 0.15) is 39.7 Å². The Morgan fingerprint density at radius 3 is 2.23 bits per heavy atom. The molecule has 344 valence electrons. The van der Waals surface area contributed by atoms with E-state index < -0.39 is 47.9 Å². The number of aliphatic hydroxyl groups excluding tert-OH is 1. The molecule has 64 heavy (non-hydrogen) atoms. The SMILES string of the molecule is CCN(CC)c1ccc2c(-c3ccc(S(=O)(=O)NCc4cnc(SC[Si](C)(C)O[Si](C)(C)CCCN5C(=O)C=CC5O)nc4)cc3S(=O)(=O)O)c3ccc(=[N+](CC)CC)cc-3oc2c1. The van der Waals surface area contributed by atoms with E-state index in [0.717, 1.165) is 55.8 Å². The third kappa shape index (κ3) is 11.6. The van der Waals surface area contributed by atoms with E-state index in [1.54, 1.807) is 0 Å². The van der Waals surface area contributed by atoms with Gasteiger partial charge in [0.15, 0.2) is 21.8 Å². The van der Waals surface area contributed by atoms with Crippen molar-refractivity contribution < 1.29 is 39.8 Å². The second-order valence-electron chi connectivity index (χ2n) is 16.8. The molecule has 0 saturated carbocycles. The highest BCUT2D eigenvalue weighted by molar-refractivity contribution is 8.00. The molecule has 1 aliphatic carbocycles. The normalized spacial score (nSPS) is 14.9. The van der Waals surface area contributed by atoms with Gasteiger partial charge in [0.05, 0.1) is 11.0 Å². The van der Waals surface area contributed by atoms with Gasteiger partial charge in [-0.25, -0.2) is 27.7 Å². The van der Waals surface area contributed by atoms with Gasteiger partial charge in [0.2, 0.25) is 21.3 Å². The lowest BCUT2D eigenvalue weighted by molar-refractivity contribution is -0.130. The summed E-state index contributed by atoms with van der Waals surface area (Å²) in [6.07, 6.45) is 5.82. The van der Waals surface area contributed by atoms with Gasteiger partial charge in [-0.1, -0.05) is 17.8 Å². The van der Waals surface area contributed by atoms with Crippen LogP contribution in [0.15, 0.2) is 98.5 Å². The molecule has 15 nitrogen and oxygen atoms in total. The minimum atomic E-state index is -4.96. The Hall–Kier alpha value is -4.26. The molecule has 1 atom stereocenters. The zero-order chi connectivity index (χ0) is 46.6. The average molecular weight is 968 g/mol. The predicted octanol–water partition coefficient (Wildman–Crippen LogP) is 6.54. The third-order valence-electron chi connectivity index (χ3n) is 11.2. The van der Waals surface area contributed by atoms with Crippen molar-refractivity contribution in [2.45, 2.75) is 94.1 Å². The number of hydrogen-bond acceptors (Lipinski definition) is 12. The lowest BCUT2D eigenvalue weighted by Gasteiger charge is -2.34. The quantitative estimate of drug-likeness (QED) is 0.0190. The number of fused-ring (bicyclic) bond motifs is 2. The fourth-order valence-electron chi connectivity index (χ4n) is 8.07. The van der Waals surface area contributed by atoms with Crippen molar-refractivity contribution in [1.82, 2.24) is 24.2 Å². The molecule has 0 bridgehead atoms. The minimum Gasteiger partial charge on any atom is -0.456 e. The molecule has 0 radical (unpaired) electrons.